The van der Waals surface area contributed by atoms with Crippen LogP contribution >= 0.6 is 0 Å². The van der Waals surface area contributed by atoms with Crippen LogP contribution < -0.4 is 0 Å². The van der Waals surface area contributed by atoms with Crippen molar-refractivity contribution in [3.63, 3.8) is 0 Å². The first-order chi connectivity index (χ1) is 13.1. The molecule has 0 aliphatic heterocycles. The molecule has 2 aromatic rings. The Morgan fingerprint density at radius 2 is 1.17 bits per heavy atom. The van der Waals surface area contributed by atoms with Gasteiger partial charge in [0.05, 0.1) is 4.90 Å². The average molecular weight is 453 g/mol. The Hall–Kier alpha value is -1.88. The molecule has 0 aliphatic rings. The molecule has 0 atom stereocenters. The van der Waals surface area contributed by atoms with E-state index in [0.29, 0.717) is 11.1 Å². The van der Waals surface area contributed by atoms with Gasteiger partial charge in [-0.2, -0.15) is 25.6 Å². The molecule has 0 aromatic heterocycles. The minimum absolute atomic E-state index is 0.0116. The highest BCUT2D eigenvalue weighted by atomic mass is 32.2. The normalized spacial score (nSPS) is 11.7. The maximum absolute atomic E-state index is 13.3. The third-order valence-corrected chi connectivity index (χ3v) is 5.52. The lowest BCUT2D eigenvalue weighted by Gasteiger charge is -2.16. The largest absolute Gasteiger partial charge is 0.395 e. The molecule has 0 saturated carbocycles. The molecule has 6 nitrogen and oxygen atoms in total. The molecule has 0 spiro atoms. The predicted molar refractivity (Wildman–Crippen MR) is 108 cm³/mol. The van der Waals surface area contributed by atoms with Crippen LogP contribution in [0.1, 0.15) is 41.7 Å². The van der Waals surface area contributed by atoms with Gasteiger partial charge in [-0.25, -0.2) is 0 Å². The van der Waals surface area contributed by atoms with Gasteiger partial charge in [0.1, 0.15) is 0 Å². The van der Waals surface area contributed by atoms with E-state index in [9.17, 15) is 25.6 Å². The van der Waals surface area contributed by atoms with Crippen LogP contribution in [-0.2, 0) is 25.5 Å². The van der Waals surface area contributed by atoms with Crippen LogP contribution in [-0.4, -0.2) is 25.9 Å². The molecule has 0 bridgehead atoms. The van der Waals surface area contributed by atoms with Gasteiger partial charge in [0.15, 0.2) is 0 Å². The van der Waals surface area contributed by atoms with Gasteiger partial charge in [0.25, 0.3) is 10.1 Å². The fourth-order valence-electron chi connectivity index (χ4n) is 2.17. The van der Waals surface area contributed by atoms with E-state index in [-0.39, 0.29) is 10.5 Å². The van der Waals surface area contributed by atoms with Gasteiger partial charge in [-0.1, -0.05) is 43.7 Å². The summed E-state index contributed by atoms with van der Waals surface area (Å²) in [5.74, 6) is 0. The quantitative estimate of drug-likeness (QED) is 0.647. The summed E-state index contributed by atoms with van der Waals surface area (Å²) in [6, 6.07) is 8.92. The Bertz CT molecular complexity index is 1050. The molecule has 0 unspecified atom stereocenters. The minimum atomic E-state index is -5.43. The number of benzene rings is 2. The van der Waals surface area contributed by atoms with Gasteiger partial charge >= 0.3 is 15.4 Å². The van der Waals surface area contributed by atoms with Crippen molar-refractivity contribution in [3.05, 3.63) is 64.2 Å². The summed E-state index contributed by atoms with van der Waals surface area (Å²) in [5, 5.41) is -4.26. The average Bonchev–Trinajstić information content (AvgIpc) is 2.59. The smallest absolute Gasteiger partial charge is 0.282 e. The molecule has 2 aromatic carbocycles. The molecule has 29 heavy (non-hydrogen) atoms. The zero-order chi connectivity index (χ0) is 23.2. The van der Waals surface area contributed by atoms with E-state index < -0.39 is 31.1 Å². The summed E-state index contributed by atoms with van der Waals surface area (Å²) < 4.78 is 86.3. The van der Waals surface area contributed by atoms with E-state index in [1.165, 1.54) is 19.1 Å². The fraction of sp³-hybridized carbons (Fsp3) is 0.368. The van der Waals surface area contributed by atoms with Gasteiger partial charge in [-0.05, 0) is 56.5 Å². The van der Waals surface area contributed by atoms with E-state index in [1.807, 2.05) is 13.8 Å². The molecule has 0 saturated heterocycles. The molecular weight excluding hydrogens is 426 g/mol. The first-order valence-electron chi connectivity index (χ1n) is 8.54. The van der Waals surface area contributed by atoms with Gasteiger partial charge in [-0.15, -0.1) is 0 Å². The number of halogens is 2. The zero-order valence-corrected chi connectivity index (χ0v) is 18.7. The van der Waals surface area contributed by atoms with Gasteiger partial charge in [0.2, 0.25) is 0 Å². The monoisotopic (exact) mass is 452 g/mol. The van der Waals surface area contributed by atoms with E-state index in [0.717, 1.165) is 11.6 Å². The second-order valence-electron chi connectivity index (χ2n) is 6.05. The molecule has 164 valence electrons. The predicted octanol–water partition coefficient (Wildman–Crippen LogP) is 4.82. The molecule has 2 N–H and O–H groups in total. The van der Waals surface area contributed by atoms with Crippen molar-refractivity contribution in [1.82, 2.24) is 0 Å². The summed E-state index contributed by atoms with van der Waals surface area (Å²) in [6.45, 7) is 10.3. The van der Waals surface area contributed by atoms with Gasteiger partial charge in [0, 0.05) is 5.56 Å². The second kappa shape index (κ2) is 10.2. The lowest BCUT2D eigenvalue weighted by Crippen LogP contribution is -2.26. The maximum atomic E-state index is 13.3. The molecule has 10 heteroatoms. The van der Waals surface area contributed by atoms with Crippen molar-refractivity contribution in [3.8, 4) is 0 Å². The highest BCUT2D eigenvalue weighted by Gasteiger charge is 2.46. The maximum Gasteiger partial charge on any atom is 0.395 e. The fourth-order valence-corrected chi connectivity index (χ4v) is 3.48. The highest BCUT2D eigenvalue weighted by molar-refractivity contribution is 7.86. The van der Waals surface area contributed by atoms with Crippen molar-refractivity contribution in [1.29, 1.82) is 0 Å². The standard InChI is InChI=1S/C9H10F2O3S.C8H10O3S.C2H6/c1-6-3-4-7(2)8(5-6)9(10,11)15(12,13)14;1-6-3-4-7(2)8(5-6)12(9,10)11;1-2/h3-5H,1-2H3,(H,12,13,14);3-5H,1-2H3,(H,9,10,11);1-2H3. The number of hydrogen-bond acceptors (Lipinski definition) is 4. The van der Waals surface area contributed by atoms with Crippen molar-refractivity contribution in [2.75, 3.05) is 0 Å². The zero-order valence-electron chi connectivity index (χ0n) is 17.1. The van der Waals surface area contributed by atoms with Crippen LogP contribution in [0.2, 0.25) is 0 Å². The van der Waals surface area contributed by atoms with E-state index in [4.69, 9.17) is 9.11 Å². The van der Waals surface area contributed by atoms with Crippen LogP contribution in [0.3, 0.4) is 0 Å². The summed E-state index contributed by atoms with van der Waals surface area (Å²) in [5.41, 5.74) is 1.29. The Kier molecular flexibility index (Phi) is 9.58. The highest BCUT2D eigenvalue weighted by Crippen LogP contribution is 2.35. The summed E-state index contributed by atoms with van der Waals surface area (Å²) in [7, 11) is -9.48. The number of rotatable bonds is 3. The van der Waals surface area contributed by atoms with Gasteiger partial charge in [-0.3, -0.25) is 9.11 Å². The topological polar surface area (TPSA) is 109 Å². The number of aryl methyl sites for hydroxylation is 4. The Balaban J connectivity index is 0.000000508. The molecule has 0 heterocycles. The number of alkyl halides is 2. The molecule has 0 amide bonds. The van der Waals surface area contributed by atoms with Gasteiger partial charge < -0.3 is 0 Å². The van der Waals surface area contributed by atoms with Crippen molar-refractivity contribution in [2.24, 2.45) is 0 Å². The molecule has 0 radical (unpaired) electrons. The first kappa shape index (κ1) is 27.1. The molecular formula is C19H26F2O6S2. The molecule has 0 fully saturated rings. The number of hydrogen-bond donors (Lipinski definition) is 2. The minimum Gasteiger partial charge on any atom is -0.282 e. The SMILES string of the molecule is CC.Cc1ccc(C)c(C(F)(F)S(=O)(=O)O)c1.Cc1ccc(C)c(S(=O)(=O)O)c1. The molecule has 0 aliphatic carbocycles. The van der Waals surface area contributed by atoms with Crippen molar-refractivity contribution < 1.29 is 34.7 Å². The second-order valence-corrected chi connectivity index (χ2v) is 8.91. The Morgan fingerprint density at radius 3 is 1.55 bits per heavy atom. The summed E-state index contributed by atoms with van der Waals surface area (Å²) >= 11 is 0. The summed E-state index contributed by atoms with van der Waals surface area (Å²) in [4.78, 5) is -0.0116. The Labute approximate surface area is 171 Å². The first-order valence-corrected chi connectivity index (χ1v) is 11.4. The van der Waals surface area contributed by atoms with E-state index >= 15 is 0 Å². The van der Waals surface area contributed by atoms with E-state index in [2.05, 4.69) is 0 Å². The van der Waals surface area contributed by atoms with Crippen LogP contribution in [0.15, 0.2) is 41.3 Å². The van der Waals surface area contributed by atoms with Crippen LogP contribution in [0, 0.1) is 27.7 Å². The molecule has 2 rings (SSSR count). The Morgan fingerprint density at radius 1 is 0.759 bits per heavy atom. The van der Waals surface area contributed by atoms with Crippen molar-refractivity contribution in [2.45, 2.75) is 51.7 Å². The third-order valence-electron chi connectivity index (χ3n) is 3.65. The lowest BCUT2D eigenvalue weighted by molar-refractivity contribution is 0.0782. The van der Waals surface area contributed by atoms with Crippen LogP contribution in [0.5, 0.6) is 0 Å². The van der Waals surface area contributed by atoms with Crippen LogP contribution in [0.4, 0.5) is 8.78 Å². The third kappa shape index (κ3) is 7.46. The van der Waals surface area contributed by atoms with Crippen molar-refractivity contribution >= 4 is 20.2 Å². The van der Waals surface area contributed by atoms with E-state index in [1.54, 1.807) is 39.0 Å². The van der Waals surface area contributed by atoms with Crippen LogP contribution in [0.25, 0.3) is 0 Å². The summed E-state index contributed by atoms with van der Waals surface area (Å²) in [6.07, 6.45) is 0. The lowest BCUT2D eigenvalue weighted by atomic mass is 10.1.